The summed E-state index contributed by atoms with van der Waals surface area (Å²) in [5, 5.41) is 6.39. The molecule has 0 atom stereocenters. The minimum absolute atomic E-state index is 0.293. The van der Waals surface area contributed by atoms with E-state index in [1.165, 1.54) is 7.11 Å². The number of pyridine rings is 1. The lowest BCUT2D eigenvalue weighted by molar-refractivity contribution is 0.0635. The monoisotopic (exact) mass is 393 g/mol. The number of amides is 2. The number of nitrogens with one attached hydrogen (secondary N) is 2. The second kappa shape index (κ2) is 8.18. The van der Waals surface area contributed by atoms with Crippen LogP contribution >= 0.6 is 0 Å². The van der Waals surface area contributed by atoms with E-state index in [9.17, 15) is 9.59 Å². The third-order valence-corrected chi connectivity index (χ3v) is 3.92. The van der Waals surface area contributed by atoms with Gasteiger partial charge in [0.1, 0.15) is 17.0 Å². The average molecular weight is 393 g/mol. The largest absolute Gasteiger partial charge is 0.495 e. The molecule has 7 nitrogen and oxygen atoms in total. The molecule has 0 aliphatic rings. The smallest absolute Gasteiger partial charge is 0.412 e. The Morgan fingerprint density at radius 3 is 2.45 bits per heavy atom. The fourth-order valence-electron chi connectivity index (χ4n) is 2.68. The van der Waals surface area contributed by atoms with E-state index in [4.69, 9.17) is 9.47 Å². The lowest BCUT2D eigenvalue weighted by atomic mass is 10.2. The summed E-state index contributed by atoms with van der Waals surface area (Å²) in [7, 11) is 1.49. The molecule has 2 amide bonds. The van der Waals surface area contributed by atoms with Crippen LogP contribution < -0.4 is 15.4 Å². The molecule has 2 N–H and O–H groups in total. The zero-order valence-electron chi connectivity index (χ0n) is 16.8. The Labute approximate surface area is 169 Å². The summed E-state index contributed by atoms with van der Waals surface area (Å²) in [6.07, 6.45) is -0.615. The van der Waals surface area contributed by atoms with Crippen molar-refractivity contribution in [2.24, 2.45) is 0 Å². The highest BCUT2D eigenvalue weighted by molar-refractivity contribution is 6.04. The topological polar surface area (TPSA) is 89.5 Å². The second-order valence-electron chi connectivity index (χ2n) is 7.39. The minimum atomic E-state index is -0.634. The van der Waals surface area contributed by atoms with E-state index in [2.05, 4.69) is 15.6 Å². The number of fused-ring (bicyclic) bond motifs is 1. The highest BCUT2D eigenvalue weighted by Crippen LogP contribution is 2.28. The summed E-state index contributed by atoms with van der Waals surface area (Å²) < 4.78 is 10.5. The Morgan fingerprint density at radius 2 is 1.72 bits per heavy atom. The minimum Gasteiger partial charge on any atom is -0.495 e. The van der Waals surface area contributed by atoms with Crippen LogP contribution in [0.5, 0.6) is 5.75 Å². The predicted octanol–water partition coefficient (Wildman–Crippen LogP) is 4.84. The lowest BCUT2D eigenvalue weighted by Gasteiger charge is -2.20. The molecule has 0 bridgehead atoms. The molecule has 0 aliphatic carbocycles. The van der Waals surface area contributed by atoms with Crippen molar-refractivity contribution in [2.75, 3.05) is 17.7 Å². The van der Waals surface area contributed by atoms with Crippen LogP contribution in [0.1, 0.15) is 31.3 Å². The normalized spacial score (nSPS) is 11.0. The fraction of sp³-hybridized carbons (Fsp3) is 0.227. The quantitative estimate of drug-likeness (QED) is 0.662. The molecular formula is C22H23N3O4. The summed E-state index contributed by atoms with van der Waals surface area (Å²) in [4.78, 5) is 29.1. The number of hydrogen-bond donors (Lipinski definition) is 2. The second-order valence-corrected chi connectivity index (χ2v) is 7.39. The molecule has 0 fully saturated rings. The average Bonchev–Trinajstić information content (AvgIpc) is 2.66. The number of hydrogen-bond acceptors (Lipinski definition) is 5. The molecule has 150 valence electrons. The third kappa shape index (κ3) is 5.22. The van der Waals surface area contributed by atoms with Gasteiger partial charge in [-0.1, -0.05) is 24.3 Å². The van der Waals surface area contributed by atoms with Crippen LogP contribution in [0.4, 0.5) is 16.2 Å². The molecule has 2 aromatic carbocycles. The summed E-state index contributed by atoms with van der Waals surface area (Å²) in [6.45, 7) is 5.32. The predicted molar refractivity (Wildman–Crippen MR) is 113 cm³/mol. The van der Waals surface area contributed by atoms with Gasteiger partial charge in [-0.25, -0.2) is 9.78 Å². The Balaban J connectivity index is 1.79. The maximum atomic E-state index is 12.6. The number of methoxy groups -OCH3 is 1. The zero-order chi connectivity index (χ0) is 21.0. The summed E-state index contributed by atoms with van der Waals surface area (Å²) in [6, 6.07) is 16.0. The molecule has 0 aliphatic heterocycles. The molecule has 0 unspecified atom stereocenters. The molecule has 7 heteroatoms. The first-order valence-electron chi connectivity index (χ1n) is 9.10. The van der Waals surface area contributed by atoms with Crippen molar-refractivity contribution in [3.05, 3.63) is 60.3 Å². The van der Waals surface area contributed by atoms with Crippen molar-refractivity contribution < 1.29 is 19.1 Å². The van der Waals surface area contributed by atoms with Crippen LogP contribution in [0.3, 0.4) is 0 Å². The molecular weight excluding hydrogens is 370 g/mol. The Kier molecular flexibility index (Phi) is 5.68. The summed E-state index contributed by atoms with van der Waals surface area (Å²) >= 11 is 0. The zero-order valence-corrected chi connectivity index (χ0v) is 16.8. The molecule has 3 aromatic rings. The number of aromatic nitrogens is 1. The van der Waals surface area contributed by atoms with Crippen LogP contribution in [0.25, 0.3) is 10.9 Å². The highest BCUT2D eigenvalue weighted by Gasteiger charge is 2.18. The van der Waals surface area contributed by atoms with Crippen LogP contribution in [0.2, 0.25) is 0 Å². The molecule has 3 rings (SSSR count). The first kappa shape index (κ1) is 20.1. The summed E-state index contributed by atoms with van der Waals surface area (Å²) in [5.74, 6) is 0.0850. The molecule has 0 radical (unpaired) electrons. The van der Waals surface area contributed by atoms with Gasteiger partial charge in [0.15, 0.2) is 0 Å². The lowest BCUT2D eigenvalue weighted by Crippen LogP contribution is -2.27. The number of benzene rings is 2. The van der Waals surface area contributed by atoms with Crippen LogP contribution in [-0.2, 0) is 4.74 Å². The van der Waals surface area contributed by atoms with Gasteiger partial charge >= 0.3 is 6.09 Å². The highest BCUT2D eigenvalue weighted by atomic mass is 16.6. The van der Waals surface area contributed by atoms with Crippen molar-refractivity contribution in [3.63, 3.8) is 0 Å². The molecule has 0 saturated heterocycles. The number of para-hydroxylation sites is 1. The van der Waals surface area contributed by atoms with E-state index in [0.717, 1.165) is 10.9 Å². The van der Waals surface area contributed by atoms with Crippen LogP contribution in [0, 0.1) is 0 Å². The molecule has 1 heterocycles. The molecule has 29 heavy (non-hydrogen) atoms. The number of ether oxygens (including phenoxy) is 2. The van der Waals surface area contributed by atoms with E-state index in [1.807, 2.05) is 30.3 Å². The summed E-state index contributed by atoms with van der Waals surface area (Å²) in [5.41, 5.74) is 1.26. The molecule has 0 saturated carbocycles. The Bertz CT molecular complexity index is 1060. The maximum Gasteiger partial charge on any atom is 0.412 e. The Morgan fingerprint density at radius 1 is 0.966 bits per heavy atom. The van der Waals surface area contributed by atoms with Gasteiger partial charge < -0.3 is 14.8 Å². The third-order valence-electron chi connectivity index (χ3n) is 3.92. The fourth-order valence-corrected chi connectivity index (χ4v) is 2.68. The van der Waals surface area contributed by atoms with E-state index >= 15 is 0 Å². The standard InChI is InChI=1S/C22H23N3O4/c1-22(2,3)29-21(27)25-18-13-15(10-12-19(18)28-4)23-20(26)17-11-9-14-7-5-6-8-16(14)24-17/h5-13H,1-4H3,(H,23,26)(H,25,27). The van der Waals surface area contributed by atoms with Gasteiger partial charge in [0.2, 0.25) is 0 Å². The van der Waals surface area contributed by atoms with E-state index in [-0.39, 0.29) is 5.91 Å². The van der Waals surface area contributed by atoms with Gasteiger partial charge in [0.25, 0.3) is 5.91 Å². The van der Waals surface area contributed by atoms with Gasteiger partial charge in [0.05, 0.1) is 18.3 Å². The first-order chi connectivity index (χ1) is 13.7. The van der Waals surface area contributed by atoms with Crippen molar-refractivity contribution >= 4 is 34.3 Å². The van der Waals surface area contributed by atoms with E-state index < -0.39 is 11.7 Å². The van der Waals surface area contributed by atoms with E-state index in [1.54, 1.807) is 45.0 Å². The van der Waals surface area contributed by atoms with Gasteiger partial charge in [-0.3, -0.25) is 10.1 Å². The van der Waals surface area contributed by atoms with Crippen molar-refractivity contribution in [3.8, 4) is 5.75 Å². The van der Waals surface area contributed by atoms with Gasteiger partial charge in [-0.15, -0.1) is 0 Å². The Hall–Kier alpha value is -3.61. The molecule has 0 spiro atoms. The molecule has 1 aromatic heterocycles. The number of carbonyl (C=O) groups excluding carboxylic acids is 2. The SMILES string of the molecule is COc1ccc(NC(=O)c2ccc3ccccc3n2)cc1NC(=O)OC(C)(C)C. The first-order valence-corrected chi connectivity index (χ1v) is 9.10. The van der Waals surface area contributed by atoms with Crippen molar-refractivity contribution in [1.82, 2.24) is 4.98 Å². The van der Waals surface area contributed by atoms with Crippen LogP contribution in [-0.4, -0.2) is 29.7 Å². The number of carbonyl (C=O) groups is 2. The van der Waals surface area contributed by atoms with Crippen molar-refractivity contribution in [2.45, 2.75) is 26.4 Å². The number of rotatable bonds is 4. The van der Waals surface area contributed by atoms with Gasteiger partial charge in [0, 0.05) is 11.1 Å². The number of nitrogens with zero attached hydrogens (tertiary/aromatic N) is 1. The van der Waals surface area contributed by atoms with Gasteiger partial charge in [-0.2, -0.15) is 0 Å². The van der Waals surface area contributed by atoms with Crippen LogP contribution in [0.15, 0.2) is 54.6 Å². The maximum absolute atomic E-state index is 12.6. The van der Waals surface area contributed by atoms with E-state index in [0.29, 0.717) is 22.8 Å². The number of anilines is 2. The van der Waals surface area contributed by atoms with Gasteiger partial charge in [-0.05, 0) is 51.1 Å². The van der Waals surface area contributed by atoms with Crippen molar-refractivity contribution in [1.29, 1.82) is 0 Å².